The van der Waals surface area contributed by atoms with Crippen molar-refractivity contribution < 1.29 is 9.90 Å². The van der Waals surface area contributed by atoms with Crippen LogP contribution in [0.2, 0.25) is 5.02 Å². The van der Waals surface area contributed by atoms with Gasteiger partial charge in [-0.15, -0.1) is 0 Å². The third-order valence-corrected chi connectivity index (χ3v) is 8.07. The molecule has 2 aromatic carbocycles. The second-order valence-corrected chi connectivity index (χ2v) is 11.3. The number of likely N-dealkylation sites (N-methyl/N-ethyl adjacent to an activating group) is 1. The van der Waals surface area contributed by atoms with Crippen molar-refractivity contribution in [3.8, 4) is 11.1 Å². The van der Waals surface area contributed by atoms with Gasteiger partial charge in [-0.3, -0.25) is 4.79 Å². The maximum Gasteiger partial charge on any atom is 0.304 e. The second kappa shape index (κ2) is 9.70. The minimum absolute atomic E-state index is 0.0140. The first-order chi connectivity index (χ1) is 18.7. The van der Waals surface area contributed by atoms with Crippen molar-refractivity contribution in [2.24, 2.45) is 7.05 Å². The fourth-order valence-corrected chi connectivity index (χ4v) is 6.18. The van der Waals surface area contributed by atoms with Crippen molar-refractivity contribution >= 4 is 40.7 Å². The lowest BCUT2D eigenvalue weighted by Crippen LogP contribution is -2.31. The van der Waals surface area contributed by atoms with Gasteiger partial charge in [0.2, 0.25) is 5.95 Å². The van der Waals surface area contributed by atoms with Crippen molar-refractivity contribution in [3.63, 3.8) is 0 Å². The van der Waals surface area contributed by atoms with Crippen LogP contribution in [0.1, 0.15) is 30.0 Å². The molecule has 0 spiro atoms. The Morgan fingerprint density at radius 3 is 2.79 bits per heavy atom. The molecule has 4 aromatic rings. The average Bonchev–Trinajstić information content (AvgIpc) is 3.45. The van der Waals surface area contributed by atoms with Crippen molar-refractivity contribution in [2.75, 3.05) is 30.4 Å². The number of rotatable bonds is 6. The maximum atomic E-state index is 11.7. The highest BCUT2D eigenvalue weighted by Gasteiger charge is 2.42. The molecule has 9 heteroatoms. The van der Waals surface area contributed by atoms with E-state index in [1.54, 1.807) is 6.20 Å². The Morgan fingerprint density at radius 1 is 1.21 bits per heavy atom. The SMILES string of the molecule is CN1CCc2c(cc(Nc3ncc(Cl)c(N4CC(C)(CC(=O)O)c5ccccc54)n3)cc2-c2ccn(C)c2)C1. The number of benzene rings is 2. The van der Waals surface area contributed by atoms with E-state index in [4.69, 9.17) is 16.6 Å². The minimum atomic E-state index is -0.836. The Labute approximate surface area is 232 Å². The zero-order chi connectivity index (χ0) is 27.3. The normalized spacial score (nSPS) is 18.6. The Morgan fingerprint density at radius 2 is 2.03 bits per heavy atom. The summed E-state index contributed by atoms with van der Waals surface area (Å²) in [5.41, 5.74) is 7.31. The van der Waals surface area contributed by atoms with E-state index in [0.29, 0.717) is 23.3 Å². The third-order valence-electron chi connectivity index (χ3n) is 7.80. The summed E-state index contributed by atoms with van der Waals surface area (Å²) in [6.07, 6.45) is 6.83. The predicted molar refractivity (Wildman–Crippen MR) is 154 cm³/mol. The lowest BCUT2D eigenvalue weighted by Gasteiger charge is -2.28. The minimum Gasteiger partial charge on any atom is -0.481 e. The van der Waals surface area contributed by atoms with Crippen LogP contribution in [0.4, 0.5) is 23.1 Å². The van der Waals surface area contributed by atoms with Crippen LogP contribution in [-0.4, -0.2) is 50.6 Å². The van der Waals surface area contributed by atoms with Gasteiger partial charge in [0.1, 0.15) is 5.02 Å². The first-order valence-corrected chi connectivity index (χ1v) is 13.4. The fraction of sp³-hybridized carbons (Fsp3) is 0.300. The smallest absolute Gasteiger partial charge is 0.304 e. The number of fused-ring (bicyclic) bond motifs is 2. The van der Waals surface area contributed by atoms with Crippen LogP contribution >= 0.6 is 11.6 Å². The molecule has 0 fully saturated rings. The number of aromatic nitrogens is 3. The average molecular weight is 543 g/mol. The topological polar surface area (TPSA) is 86.5 Å². The largest absolute Gasteiger partial charge is 0.481 e. The van der Waals surface area contributed by atoms with Crippen molar-refractivity contribution in [1.82, 2.24) is 19.4 Å². The maximum absolute atomic E-state index is 11.7. The third kappa shape index (κ3) is 4.75. The van der Waals surface area contributed by atoms with E-state index in [-0.39, 0.29) is 6.42 Å². The number of halogens is 1. The first-order valence-electron chi connectivity index (χ1n) is 13.1. The summed E-state index contributed by atoms with van der Waals surface area (Å²) < 4.78 is 2.07. The molecule has 0 saturated carbocycles. The number of nitrogens with one attached hydrogen (secondary N) is 1. The number of carboxylic acids is 1. The molecular weight excluding hydrogens is 512 g/mol. The van der Waals surface area contributed by atoms with Crippen molar-refractivity contribution in [3.05, 3.63) is 82.8 Å². The van der Waals surface area contributed by atoms with Crippen LogP contribution < -0.4 is 10.2 Å². The number of carboxylic acid groups (broad SMARTS) is 1. The molecule has 200 valence electrons. The van der Waals surface area contributed by atoms with E-state index in [1.165, 1.54) is 22.3 Å². The summed E-state index contributed by atoms with van der Waals surface area (Å²) in [4.78, 5) is 25.4. The number of aliphatic carboxylic acids is 1. The highest BCUT2D eigenvalue weighted by atomic mass is 35.5. The fourth-order valence-electron chi connectivity index (χ4n) is 5.98. The second-order valence-electron chi connectivity index (χ2n) is 10.9. The molecule has 0 aliphatic carbocycles. The molecule has 0 radical (unpaired) electrons. The van der Waals surface area contributed by atoms with Gasteiger partial charge < -0.3 is 24.8 Å². The summed E-state index contributed by atoms with van der Waals surface area (Å²) in [5.74, 6) is 0.149. The first kappa shape index (κ1) is 25.4. The highest BCUT2D eigenvalue weighted by molar-refractivity contribution is 6.33. The molecule has 8 nitrogen and oxygen atoms in total. The zero-order valence-electron chi connectivity index (χ0n) is 22.3. The van der Waals surface area contributed by atoms with Crippen LogP contribution in [-0.2, 0) is 30.2 Å². The van der Waals surface area contributed by atoms with Gasteiger partial charge in [0.15, 0.2) is 5.82 Å². The summed E-state index contributed by atoms with van der Waals surface area (Å²) in [6, 6.07) is 14.4. The molecule has 2 aliphatic rings. The zero-order valence-corrected chi connectivity index (χ0v) is 23.0. The van der Waals surface area contributed by atoms with Crippen LogP contribution in [0.25, 0.3) is 11.1 Å². The molecule has 4 heterocycles. The summed E-state index contributed by atoms with van der Waals surface area (Å²) in [5, 5.41) is 13.4. The van der Waals surface area contributed by atoms with Crippen LogP contribution in [0.3, 0.4) is 0 Å². The van der Waals surface area contributed by atoms with Gasteiger partial charge in [-0.2, -0.15) is 4.98 Å². The van der Waals surface area contributed by atoms with Crippen LogP contribution in [0, 0.1) is 0 Å². The van der Waals surface area contributed by atoms with E-state index < -0.39 is 11.4 Å². The Hall–Kier alpha value is -3.88. The quantitative estimate of drug-likeness (QED) is 0.321. The highest BCUT2D eigenvalue weighted by Crippen LogP contribution is 2.47. The Balaban J connectivity index is 1.37. The van der Waals surface area contributed by atoms with Gasteiger partial charge in [-0.1, -0.05) is 36.7 Å². The molecule has 1 unspecified atom stereocenters. The van der Waals surface area contributed by atoms with Crippen molar-refractivity contribution in [2.45, 2.75) is 31.7 Å². The molecular formula is C30H31ClN6O2. The molecule has 0 bridgehead atoms. The number of nitrogens with zero attached hydrogens (tertiary/aromatic N) is 5. The van der Waals surface area contributed by atoms with E-state index in [9.17, 15) is 9.90 Å². The van der Waals surface area contributed by atoms with Gasteiger partial charge in [0.05, 0.1) is 12.6 Å². The van der Waals surface area contributed by atoms with Gasteiger partial charge in [0.25, 0.3) is 0 Å². The lowest BCUT2D eigenvalue weighted by atomic mass is 9.81. The Kier molecular flexibility index (Phi) is 6.32. The van der Waals surface area contributed by atoms with Gasteiger partial charge >= 0.3 is 5.97 Å². The molecule has 2 aromatic heterocycles. The lowest BCUT2D eigenvalue weighted by molar-refractivity contribution is -0.138. The number of para-hydroxylation sites is 1. The molecule has 39 heavy (non-hydrogen) atoms. The van der Waals surface area contributed by atoms with Gasteiger partial charge in [0, 0.05) is 55.9 Å². The number of hydrogen-bond donors (Lipinski definition) is 2. The molecule has 2 aliphatic heterocycles. The number of carbonyl (C=O) groups is 1. The number of hydrogen-bond acceptors (Lipinski definition) is 6. The number of aryl methyl sites for hydroxylation is 1. The van der Waals surface area contributed by atoms with Crippen LogP contribution in [0.15, 0.2) is 61.1 Å². The standard InChI is InChI=1S/C30H31ClN6O2/c1-30(14-27(38)39)18-37(26-7-5-4-6-24(26)30)28-25(31)15-32-29(34-28)33-21-12-20-17-36(3)11-9-22(20)23(13-21)19-8-10-35(2)16-19/h4-8,10,12-13,15-16H,9,11,14,17-18H2,1-3H3,(H,38,39)(H,32,33,34). The van der Waals surface area contributed by atoms with Gasteiger partial charge in [-0.05, 0) is 65.6 Å². The predicted octanol–water partition coefficient (Wildman–Crippen LogP) is 5.75. The molecule has 6 rings (SSSR count). The molecule has 0 amide bonds. The van der Waals surface area contributed by atoms with E-state index in [0.717, 1.165) is 36.4 Å². The molecule has 0 saturated heterocycles. The van der Waals surface area contributed by atoms with Crippen molar-refractivity contribution in [1.29, 1.82) is 0 Å². The van der Waals surface area contributed by atoms with E-state index in [2.05, 4.69) is 57.4 Å². The van der Waals surface area contributed by atoms with Crippen LogP contribution in [0.5, 0.6) is 0 Å². The summed E-state index contributed by atoms with van der Waals surface area (Å²) in [7, 11) is 4.18. The monoisotopic (exact) mass is 542 g/mol. The van der Waals surface area contributed by atoms with E-state index >= 15 is 0 Å². The number of anilines is 4. The van der Waals surface area contributed by atoms with E-state index in [1.807, 2.05) is 43.1 Å². The molecule has 1 atom stereocenters. The van der Waals surface area contributed by atoms with Gasteiger partial charge in [-0.25, -0.2) is 4.98 Å². The Bertz CT molecular complexity index is 1580. The summed E-state index contributed by atoms with van der Waals surface area (Å²) in [6.45, 7) is 4.34. The molecule has 2 N–H and O–H groups in total. The summed E-state index contributed by atoms with van der Waals surface area (Å²) >= 11 is 6.64.